The number of rotatable bonds is 3. The average molecular weight is 272 g/mol. The Kier molecular flexibility index (Phi) is 4.93. The van der Waals surface area contributed by atoms with E-state index in [1.807, 2.05) is 0 Å². The van der Waals surface area contributed by atoms with Gasteiger partial charge in [-0.05, 0) is 18.9 Å². The zero-order chi connectivity index (χ0) is 12.3. The van der Waals surface area contributed by atoms with Gasteiger partial charge in [-0.1, -0.05) is 12.8 Å². The van der Waals surface area contributed by atoms with E-state index in [9.17, 15) is 9.59 Å². The zero-order valence-electron chi connectivity index (χ0n) is 10.1. The maximum Gasteiger partial charge on any atom is 0.253 e. The van der Waals surface area contributed by atoms with Crippen LogP contribution >= 0.6 is 12.4 Å². The second-order valence-electron chi connectivity index (χ2n) is 4.59. The molecule has 1 aromatic heterocycles. The van der Waals surface area contributed by atoms with Crippen molar-refractivity contribution in [2.24, 2.45) is 5.73 Å². The molecule has 1 fully saturated rings. The van der Waals surface area contributed by atoms with Crippen molar-refractivity contribution >= 4 is 18.3 Å². The van der Waals surface area contributed by atoms with Crippen LogP contribution in [0.1, 0.15) is 36.0 Å². The number of carbonyl (C=O) groups is 1. The lowest BCUT2D eigenvalue weighted by atomic mass is 9.97. The first-order valence-electron chi connectivity index (χ1n) is 5.87. The van der Waals surface area contributed by atoms with Crippen molar-refractivity contribution in [2.75, 3.05) is 6.54 Å². The molecular weight excluding hydrogens is 254 g/mol. The maximum absolute atomic E-state index is 12.0. The number of halogens is 1. The number of H-pyrrole nitrogens is 1. The standard InChI is InChI=1S/C12H17N3O2.ClH/c13-8-12(5-1-2-6-12)15-11(17)9-3-4-10(16)14-7-9;/h3-4,7H,1-2,5-6,8,13H2,(H,14,16)(H,15,17);1H. The molecule has 1 aromatic rings. The van der Waals surface area contributed by atoms with E-state index in [1.54, 1.807) is 0 Å². The van der Waals surface area contributed by atoms with Gasteiger partial charge >= 0.3 is 0 Å². The molecule has 1 aliphatic carbocycles. The van der Waals surface area contributed by atoms with Gasteiger partial charge in [-0.25, -0.2) is 0 Å². The topological polar surface area (TPSA) is 88.0 Å². The number of carbonyl (C=O) groups excluding carboxylic acids is 1. The van der Waals surface area contributed by atoms with E-state index >= 15 is 0 Å². The number of pyridine rings is 1. The smallest absolute Gasteiger partial charge is 0.253 e. The fourth-order valence-corrected chi connectivity index (χ4v) is 2.30. The Bertz CT molecular complexity index is 446. The SMILES string of the molecule is Cl.NCC1(NC(=O)c2ccc(=O)[nH]c2)CCCC1. The van der Waals surface area contributed by atoms with Crippen LogP contribution in [0.2, 0.25) is 0 Å². The summed E-state index contributed by atoms with van der Waals surface area (Å²) in [5, 5.41) is 2.99. The molecule has 1 saturated carbocycles. The molecule has 0 aromatic carbocycles. The van der Waals surface area contributed by atoms with E-state index in [0.717, 1.165) is 25.7 Å². The number of aromatic amines is 1. The summed E-state index contributed by atoms with van der Waals surface area (Å²) in [6.45, 7) is 0.460. The summed E-state index contributed by atoms with van der Waals surface area (Å²) in [4.78, 5) is 25.4. The van der Waals surface area contributed by atoms with Gasteiger partial charge in [0.25, 0.3) is 5.91 Å². The molecule has 1 heterocycles. The Labute approximate surface area is 112 Å². The van der Waals surface area contributed by atoms with E-state index in [-0.39, 0.29) is 29.4 Å². The van der Waals surface area contributed by atoms with Gasteiger partial charge in [0.15, 0.2) is 0 Å². The van der Waals surface area contributed by atoms with E-state index in [2.05, 4.69) is 10.3 Å². The van der Waals surface area contributed by atoms with Crippen molar-refractivity contribution in [3.05, 3.63) is 34.2 Å². The molecule has 0 bridgehead atoms. The van der Waals surface area contributed by atoms with Gasteiger partial charge in [-0.15, -0.1) is 12.4 Å². The van der Waals surface area contributed by atoms with Crippen LogP contribution in [0.3, 0.4) is 0 Å². The molecule has 100 valence electrons. The molecule has 6 heteroatoms. The Morgan fingerprint density at radius 3 is 2.56 bits per heavy atom. The van der Waals surface area contributed by atoms with Gasteiger partial charge < -0.3 is 16.0 Å². The first-order chi connectivity index (χ1) is 8.15. The molecule has 0 saturated heterocycles. The molecule has 0 atom stereocenters. The molecule has 1 aliphatic rings. The molecule has 1 amide bonds. The van der Waals surface area contributed by atoms with Crippen molar-refractivity contribution in [1.29, 1.82) is 0 Å². The Morgan fingerprint density at radius 2 is 2.06 bits per heavy atom. The van der Waals surface area contributed by atoms with Crippen LogP contribution in [0, 0.1) is 0 Å². The van der Waals surface area contributed by atoms with E-state index in [4.69, 9.17) is 5.73 Å². The molecule has 4 N–H and O–H groups in total. The monoisotopic (exact) mass is 271 g/mol. The van der Waals surface area contributed by atoms with Crippen molar-refractivity contribution in [2.45, 2.75) is 31.2 Å². The minimum atomic E-state index is -0.257. The van der Waals surface area contributed by atoms with Crippen molar-refractivity contribution in [1.82, 2.24) is 10.3 Å². The lowest BCUT2D eigenvalue weighted by Crippen LogP contribution is -2.51. The second-order valence-corrected chi connectivity index (χ2v) is 4.59. The van der Waals surface area contributed by atoms with Gasteiger partial charge in [-0.3, -0.25) is 9.59 Å². The molecule has 0 aliphatic heterocycles. The summed E-state index contributed by atoms with van der Waals surface area (Å²) in [6.07, 6.45) is 5.49. The minimum Gasteiger partial charge on any atom is -0.345 e. The summed E-state index contributed by atoms with van der Waals surface area (Å²) in [6, 6.07) is 2.87. The highest BCUT2D eigenvalue weighted by molar-refractivity contribution is 5.94. The molecule has 5 nitrogen and oxygen atoms in total. The highest BCUT2D eigenvalue weighted by Gasteiger charge is 2.33. The first-order valence-corrected chi connectivity index (χ1v) is 5.87. The molecule has 0 radical (unpaired) electrons. The van der Waals surface area contributed by atoms with Gasteiger partial charge in [0.2, 0.25) is 5.56 Å². The van der Waals surface area contributed by atoms with E-state index < -0.39 is 0 Å². The number of nitrogens with two attached hydrogens (primary N) is 1. The highest BCUT2D eigenvalue weighted by atomic mass is 35.5. The molecular formula is C12H18ClN3O2. The van der Waals surface area contributed by atoms with Gasteiger partial charge in [0.05, 0.1) is 11.1 Å². The normalized spacial score (nSPS) is 16.9. The lowest BCUT2D eigenvalue weighted by Gasteiger charge is -2.28. The van der Waals surface area contributed by atoms with Crippen LogP contribution in [0.5, 0.6) is 0 Å². The van der Waals surface area contributed by atoms with Crippen LogP contribution in [-0.2, 0) is 0 Å². The Hall–Kier alpha value is -1.33. The van der Waals surface area contributed by atoms with Crippen LogP contribution < -0.4 is 16.6 Å². The Morgan fingerprint density at radius 1 is 1.39 bits per heavy atom. The fraction of sp³-hybridized carbons (Fsp3) is 0.500. The van der Waals surface area contributed by atoms with Crippen LogP contribution in [0.15, 0.2) is 23.1 Å². The minimum absolute atomic E-state index is 0. The maximum atomic E-state index is 12.0. The van der Waals surface area contributed by atoms with Gasteiger partial charge in [0.1, 0.15) is 0 Å². The van der Waals surface area contributed by atoms with Crippen LogP contribution in [-0.4, -0.2) is 23.0 Å². The van der Waals surface area contributed by atoms with Gasteiger partial charge in [-0.2, -0.15) is 0 Å². The summed E-state index contributed by atoms with van der Waals surface area (Å²) in [5.41, 5.74) is 5.74. The van der Waals surface area contributed by atoms with Crippen LogP contribution in [0.4, 0.5) is 0 Å². The van der Waals surface area contributed by atoms with Crippen molar-refractivity contribution in [3.8, 4) is 0 Å². The molecule has 2 rings (SSSR count). The largest absolute Gasteiger partial charge is 0.345 e. The molecule has 18 heavy (non-hydrogen) atoms. The highest BCUT2D eigenvalue weighted by Crippen LogP contribution is 2.28. The summed E-state index contributed by atoms with van der Waals surface area (Å²) in [5.74, 6) is -0.173. The third-order valence-electron chi connectivity index (χ3n) is 3.38. The zero-order valence-corrected chi connectivity index (χ0v) is 10.9. The third-order valence-corrected chi connectivity index (χ3v) is 3.38. The van der Waals surface area contributed by atoms with E-state index in [0.29, 0.717) is 12.1 Å². The molecule has 0 unspecified atom stereocenters. The predicted molar refractivity (Wildman–Crippen MR) is 72.0 cm³/mol. The van der Waals surface area contributed by atoms with Crippen molar-refractivity contribution in [3.63, 3.8) is 0 Å². The second kappa shape index (κ2) is 6.02. The number of amides is 1. The summed E-state index contributed by atoms with van der Waals surface area (Å²) < 4.78 is 0. The van der Waals surface area contributed by atoms with Crippen molar-refractivity contribution < 1.29 is 4.79 Å². The third kappa shape index (κ3) is 3.11. The number of nitrogens with one attached hydrogen (secondary N) is 2. The molecule has 0 spiro atoms. The van der Waals surface area contributed by atoms with E-state index in [1.165, 1.54) is 18.3 Å². The number of hydrogen-bond donors (Lipinski definition) is 3. The summed E-state index contributed by atoms with van der Waals surface area (Å²) in [7, 11) is 0. The number of aromatic nitrogens is 1. The quantitative estimate of drug-likeness (QED) is 0.760. The predicted octanol–water partition coefficient (Wildman–Crippen LogP) is 0.798. The average Bonchev–Trinajstić information content (AvgIpc) is 2.79. The first kappa shape index (κ1) is 14.7. The fourth-order valence-electron chi connectivity index (χ4n) is 2.30. The van der Waals surface area contributed by atoms with Gasteiger partial charge in [0, 0.05) is 18.8 Å². The Balaban J connectivity index is 0.00000162. The number of hydrogen-bond acceptors (Lipinski definition) is 3. The lowest BCUT2D eigenvalue weighted by molar-refractivity contribution is 0.0902. The summed E-state index contributed by atoms with van der Waals surface area (Å²) >= 11 is 0. The van der Waals surface area contributed by atoms with Crippen LogP contribution in [0.25, 0.3) is 0 Å².